The van der Waals surface area contributed by atoms with E-state index in [1.807, 2.05) is 6.07 Å². The van der Waals surface area contributed by atoms with Gasteiger partial charge in [-0.05, 0) is 36.6 Å². The second-order valence-electron chi connectivity index (χ2n) is 3.38. The van der Waals surface area contributed by atoms with E-state index in [1.165, 1.54) is 5.56 Å². The highest BCUT2D eigenvalue weighted by Crippen LogP contribution is 2.32. The Morgan fingerprint density at radius 1 is 1.20 bits per heavy atom. The van der Waals surface area contributed by atoms with Gasteiger partial charge in [0.15, 0.2) is 11.5 Å². The molecule has 0 unspecified atom stereocenters. The number of methoxy groups -OCH3 is 2. The van der Waals surface area contributed by atoms with E-state index in [-0.39, 0.29) is 0 Å². The molecule has 1 rings (SSSR count). The van der Waals surface area contributed by atoms with Crippen LogP contribution in [0.5, 0.6) is 11.5 Å². The fraction of sp³-hybridized carbons (Fsp3) is 0.500. The molecular formula is C12H19NO2. The van der Waals surface area contributed by atoms with Crippen molar-refractivity contribution in [1.29, 1.82) is 0 Å². The van der Waals surface area contributed by atoms with Crippen LogP contribution in [-0.2, 0) is 12.8 Å². The minimum atomic E-state index is 0.618. The van der Waals surface area contributed by atoms with Crippen molar-refractivity contribution in [3.8, 4) is 11.5 Å². The summed E-state index contributed by atoms with van der Waals surface area (Å²) in [5.74, 6) is 1.60. The maximum atomic E-state index is 5.57. The largest absolute Gasteiger partial charge is 0.493 e. The van der Waals surface area contributed by atoms with Crippen molar-refractivity contribution in [2.45, 2.75) is 19.8 Å². The molecule has 0 fully saturated rings. The Bertz CT molecular complexity index is 324. The van der Waals surface area contributed by atoms with E-state index in [0.29, 0.717) is 6.54 Å². The van der Waals surface area contributed by atoms with Gasteiger partial charge >= 0.3 is 0 Å². The van der Waals surface area contributed by atoms with Crippen LogP contribution in [0.2, 0.25) is 0 Å². The number of aryl methyl sites for hydroxylation is 1. The van der Waals surface area contributed by atoms with Gasteiger partial charge in [-0.25, -0.2) is 0 Å². The molecule has 0 radical (unpaired) electrons. The molecular weight excluding hydrogens is 190 g/mol. The molecule has 0 bridgehead atoms. The summed E-state index contributed by atoms with van der Waals surface area (Å²) >= 11 is 0. The van der Waals surface area contributed by atoms with Crippen molar-refractivity contribution >= 4 is 0 Å². The predicted molar refractivity (Wildman–Crippen MR) is 61.7 cm³/mol. The summed E-state index contributed by atoms with van der Waals surface area (Å²) in [5.41, 5.74) is 7.94. The van der Waals surface area contributed by atoms with Crippen molar-refractivity contribution in [2.24, 2.45) is 5.73 Å². The van der Waals surface area contributed by atoms with Crippen LogP contribution in [0.1, 0.15) is 18.1 Å². The van der Waals surface area contributed by atoms with Crippen molar-refractivity contribution in [1.82, 2.24) is 0 Å². The van der Waals surface area contributed by atoms with Crippen molar-refractivity contribution in [3.63, 3.8) is 0 Å². The van der Waals surface area contributed by atoms with Gasteiger partial charge in [0.1, 0.15) is 0 Å². The molecule has 1 aromatic rings. The first-order valence-corrected chi connectivity index (χ1v) is 5.20. The summed E-state index contributed by atoms with van der Waals surface area (Å²) in [4.78, 5) is 0. The third-order valence-electron chi connectivity index (χ3n) is 2.44. The minimum absolute atomic E-state index is 0.618. The van der Waals surface area contributed by atoms with Crippen molar-refractivity contribution in [3.05, 3.63) is 23.3 Å². The summed E-state index contributed by atoms with van der Waals surface area (Å²) in [7, 11) is 3.31. The quantitative estimate of drug-likeness (QED) is 0.803. The Balaban J connectivity index is 3.19. The predicted octanol–water partition coefficient (Wildman–Crippen LogP) is 1.77. The topological polar surface area (TPSA) is 44.5 Å². The van der Waals surface area contributed by atoms with Crippen LogP contribution in [0.3, 0.4) is 0 Å². The average Bonchev–Trinajstić information content (AvgIpc) is 2.28. The Hall–Kier alpha value is -1.22. The zero-order chi connectivity index (χ0) is 11.3. The van der Waals surface area contributed by atoms with E-state index in [2.05, 4.69) is 13.0 Å². The maximum absolute atomic E-state index is 5.57. The minimum Gasteiger partial charge on any atom is -0.493 e. The monoisotopic (exact) mass is 209 g/mol. The molecule has 0 atom stereocenters. The maximum Gasteiger partial charge on any atom is 0.163 e. The lowest BCUT2D eigenvalue weighted by Crippen LogP contribution is -2.06. The molecule has 3 heteroatoms. The first-order chi connectivity index (χ1) is 7.26. The third-order valence-corrected chi connectivity index (χ3v) is 2.44. The Kier molecular flexibility index (Phi) is 4.43. The molecule has 0 aliphatic rings. The third kappa shape index (κ3) is 2.63. The molecule has 0 amide bonds. The molecule has 0 saturated carbocycles. The smallest absolute Gasteiger partial charge is 0.163 e. The molecule has 1 aromatic carbocycles. The van der Waals surface area contributed by atoms with Gasteiger partial charge < -0.3 is 15.2 Å². The fourth-order valence-corrected chi connectivity index (χ4v) is 1.65. The highest BCUT2D eigenvalue weighted by molar-refractivity contribution is 5.49. The lowest BCUT2D eigenvalue weighted by atomic mass is 10.0. The van der Waals surface area contributed by atoms with Gasteiger partial charge in [0, 0.05) is 0 Å². The number of hydrogen-bond donors (Lipinski definition) is 1. The van der Waals surface area contributed by atoms with Gasteiger partial charge in [0.25, 0.3) is 0 Å². The number of hydrogen-bond acceptors (Lipinski definition) is 3. The van der Waals surface area contributed by atoms with Crippen LogP contribution in [0, 0.1) is 0 Å². The van der Waals surface area contributed by atoms with Gasteiger partial charge in [-0.15, -0.1) is 0 Å². The van der Waals surface area contributed by atoms with Crippen LogP contribution >= 0.6 is 0 Å². The molecule has 0 aliphatic carbocycles. The summed E-state index contributed by atoms with van der Waals surface area (Å²) in [6.07, 6.45) is 1.80. The molecule has 0 aliphatic heterocycles. The van der Waals surface area contributed by atoms with Gasteiger partial charge in [-0.1, -0.05) is 13.0 Å². The number of ether oxygens (including phenoxy) is 2. The second kappa shape index (κ2) is 5.61. The van der Waals surface area contributed by atoms with Crippen LogP contribution < -0.4 is 15.2 Å². The molecule has 0 aromatic heterocycles. The first kappa shape index (κ1) is 11.9. The van der Waals surface area contributed by atoms with Gasteiger partial charge in [0.2, 0.25) is 0 Å². The molecule has 0 saturated heterocycles. The zero-order valence-electron chi connectivity index (χ0n) is 9.67. The average molecular weight is 209 g/mol. The van der Waals surface area contributed by atoms with E-state index >= 15 is 0 Å². The molecule has 0 heterocycles. The van der Waals surface area contributed by atoms with Gasteiger partial charge in [-0.2, -0.15) is 0 Å². The van der Waals surface area contributed by atoms with Gasteiger partial charge in [-0.3, -0.25) is 0 Å². The normalized spacial score (nSPS) is 10.1. The van der Waals surface area contributed by atoms with E-state index in [0.717, 1.165) is 29.9 Å². The molecule has 0 spiro atoms. The Morgan fingerprint density at radius 2 is 1.93 bits per heavy atom. The van der Waals surface area contributed by atoms with E-state index in [1.54, 1.807) is 14.2 Å². The van der Waals surface area contributed by atoms with Crippen molar-refractivity contribution in [2.75, 3.05) is 20.8 Å². The number of benzene rings is 1. The highest BCUT2D eigenvalue weighted by atomic mass is 16.5. The molecule has 3 nitrogen and oxygen atoms in total. The van der Waals surface area contributed by atoms with Crippen LogP contribution in [0.15, 0.2) is 12.1 Å². The van der Waals surface area contributed by atoms with Crippen molar-refractivity contribution < 1.29 is 9.47 Å². The fourth-order valence-electron chi connectivity index (χ4n) is 1.65. The van der Waals surface area contributed by atoms with E-state index in [9.17, 15) is 0 Å². The Labute approximate surface area is 91.2 Å². The second-order valence-corrected chi connectivity index (χ2v) is 3.38. The molecule has 84 valence electrons. The summed E-state index contributed by atoms with van der Waals surface area (Å²) in [6, 6.07) is 4.15. The highest BCUT2D eigenvalue weighted by Gasteiger charge is 2.10. The lowest BCUT2D eigenvalue weighted by Gasteiger charge is -2.14. The van der Waals surface area contributed by atoms with Crippen LogP contribution in [-0.4, -0.2) is 20.8 Å². The van der Waals surface area contributed by atoms with E-state index < -0.39 is 0 Å². The standard InChI is InChI=1S/C12H19NO2/c1-4-9-7-10(5-6-13)12(15-3)11(8-9)14-2/h7-8H,4-6,13H2,1-3H3. The first-order valence-electron chi connectivity index (χ1n) is 5.20. The molecule has 15 heavy (non-hydrogen) atoms. The Morgan fingerprint density at radius 3 is 2.40 bits per heavy atom. The summed E-state index contributed by atoms with van der Waals surface area (Å²) in [5, 5.41) is 0. The lowest BCUT2D eigenvalue weighted by molar-refractivity contribution is 0.351. The summed E-state index contributed by atoms with van der Waals surface area (Å²) < 4.78 is 10.6. The van der Waals surface area contributed by atoms with Gasteiger partial charge in [0.05, 0.1) is 14.2 Å². The number of rotatable bonds is 5. The van der Waals surface area contributed by atoms with Crippen LogP contribution in [0.25, 0.3) is 0 Å². The zero-order valence-corrected chi connectivity index (χ0v) is 9.67. The number of nitrogens with two attached hydrogens (primary N) is 1. The van der Waals surface area contributed by atoms with Crippen LogP contribution in [0.4, 0.5) is 0 Å². The molecule has 2 N–H and O–H groups in total. The SMILES string of the molecule is CCc1cc(CCN)c(OC)c(OC)c1. The summed E-state index contributed by atoms with van der Waals surface area (Å²) in [6.45, 7) is 2.74. The van der Waals surface area contributed by atoms with E-state index in [4.69, 9.17) is 15.2 Å².